The van der Waals surface area contributed by atoms with E-state index in [2.05, 4.69) is 6.07 Å². The van der Waals surface area contributed by atoms with Gasteiger partial charge < -0.3 is 10.5 Å². The van der Waals surface area contributed by atoms with Crippen molar-refractivity contribution in [2.24, 2.45) is 5.73 Å². The molecule has 0 unspecified atom stereocenters. The van der Waals surface area contributed by atoms with Crippen LogP contribution in [0.5, 0.6) is 0 Å². The topological polar surface area (TPSA) is 96.4 Å². The van der Waals surface area contributed by atoms with Crippen molar-refractivity contribution in [1.82, 2.24) is 0 Å². The van der Waals surface area contributed by atoms with Gasteiger partial charge >= 0.3 is 0 Å². The second-order valence-corrected chi connectivity index (χ2v) is 10.4. The zero-order valence-corrected chi connectivity index (χ0v) is 19.8. The molecule has 0 spiro atoms. The summed E-state index contributed by atoms with van der Waals surface area (Å²) < 4.78 is 35.7. The lowest BCUT2D eigenvalue weighted by molar-refractivity contribution is 0.357. The predicted molar refractivity (Wildman–Crippen MR) is 132 cm³/mol. The number of halogens is 1. The summed E-state index contributed by atoms with van der Waals surface area (Å²) in [7, 11) is -4.11. The molecule has 2 N–H and O–H groups in total. The van der Waals surface area contributed by atoms with Crippen molar-refractivity contribution in [3.05, 3.63) is 116 Å². The number of allylic oxidation sites excluding steroid dienone is 2. The van der Waals surface area contributed by atoms with Crippen molar-refractivity contribution in [3.8, 4) is 6.07 Å². The van der Waals surface area contributed by atoms with Gasteiger partial charge in [0.25, 0.3) is 10.0 Å². The average Bonchev–Trinajstić information content (AvgIpc) is 2.82. The van der Waals surface area contributed by atoms with E-state index in [0.717, 1.165) is 11.1 Å². The number of sulfonamides is 1. The van der Waals surface area contributed by atoms with E-state index < -0.39 is 15.9 Å². The first kappa shape index (κ1) is 22.1. The lowest BCUT2D eigenvalue weighted by atomic mass is 9.88. The number of aryl methyl sites for hydroxylation is 1. The van der Waals surface area contributed by atoms with Crippen LogP contribution in [-0.4, -0.2) is 8.42 Å². The summed E-state index contributed by atoms with van der Waals surface area (Å²) in [4.78, 5) is -0.00661. The van der Waals surface area contributed by atoms with Crippen LogP contribution in [0.2, 0.25) is 5.02 Å². The molecule has 5 rings (SSSR count). The first-order valence-electron chi connectivity index (χ1n) is 10.6. The number of hydrogen-bond acceptors (Lipinski definition) is 5. The Morgan fingerprint density at radius 3 is 2.44 bits per heavy atom. The summed E-state index contributed by atoms with van der Waals surface area (Å²) in [5.41, 5.74) is 9.71. The first-order valence-corrected chi connectivity index (χ1v) is 12.4. The summed E-state index contributed by atoms with van der Waals surface area (Å²) in [6.45, 7) is 2.08. The third-order valence-electron chi connectivity index (χ3n) is 6.14. The van der Waals surface area contributed by atoms with E-state index in [1.165, 1.54) is 4.31 Å². The summed E-state index contributed by atoms with van der Waals surface area (Å²) >= 11 is 6.07. The quantitative estimate of drug-likeness (QED) is 0.547. The Labute approximate surface area is 203 Å². The second-order valence-electron chi connectivity index (χ2n) is 8.13. The smallest absolute Gasteiger partial charge is 0.265 e. The Morgan fingerprint density at radius 1 is 1.06 bits per heavy atom. The Kier molecular flexibility index (Phi) is 5.35. The van der Waals surface area contributed by atoms with Gasteiger partial charge in [0.1, 0.15) is 16.5 Å². The van der Waals surface area contributed by atoms with Crippen molar-refractivity contribution < 1.29 is 13.2 Å². The minimum Gasteiger partial charge on any atom is -0.439 e. The molecule has 0 amide bonds. The normalized spacial score (nSPS) is 18.6. The van der Waals surface area contributed by atoms with E-state index in [0.29, 0.717) is 21.8 Å². The zero-order chi connectivity index (χ0) is 24.0. The molecule has 0 bridgehead atoms. The summed E-state index contributed by atoms with van der Waals surface area (Å²) in [6.07, 6.45) is 0. The molecule has 2 aliphatic rings. The van der Waals surface area contributed by atoms with Crippen LogP contribution in [0.15, 0.2) is 89.2 Å². The molecule has 0 aliphatic carbocycles. The van der Waals surface area contributed by atoms with Crippen molar-refractivity contribution >= 4 is 33.1 Å². The van der Waals surface area contributed by atoms with Crippen LogP contribution in [-0.2, 0) is 21.3 Å². The molecule has 2 heterocycles. The first-order chi connectivity index (χ1) is 16.3. The molecule has 0 aromatic heterocycles. The Morgan fingerprint density at radius 2 is 1.74 bits per heavy atom. The number of para-hydroxylation sites is 1. The second kappa shape index (κ2) is 8.24. The van der Waals surface area contributed by atoms with E-state index >= 15 is 0 Å². The van der Waals surface area contributed by atoms with Gasteiger partial charge in [-0.05, 0) is 47.9 Å². The maximum absolute atomic E-state index is 14.2. The maximum Gasteiger partial charge on any atom is 0.265 e. The van der Waals surface area contributed by atoms with Crippen LogP contribution in [0.3, 0.4) is 0 Å². The van der Waals surface area contributed by atoms with E-state index in [4.69, 9.17) is 22.1 Å². The van der Waals surface area contributed by atoms with Gasteiger partial charge in [0.2, 0.25) is 5.88 Å². The highest BCUT2D eigenvalue weighted by Gasteiger charge is 2.47. The van der Waals surface area contributed by atoms with E-state index in [1.807, 2.05) is 37.3 Å². The van der Waals surface area contributed by atoms with E-state index in [-0.39, 0.29) is 28.7 Å². The Balaban J connectivity index is 1.77. The molecule has 0 fully saturated rings. The monoisotopic (exact) mass is 489 g/mol. The predicted octanol–water partition coefficient (Wildman–Crippen LogP) is 5.17. The van der Waals surface area contributed by atoms with E-state index in [9.17, 15) is 13.7 Å². The zero-order valence-electron chi connectivity index (χ0n) is 18.2. The van der Waals surface area contributed by atoms with Crippen molar-refractivity contribution in [1.29, 1.82) is 5.26 Å². The lowest BCUT2D eigenvalue weighted by Gasteiger charge is -2.38. The number of rotatable bonds is 3. The molecule has 3 aromatic rings. The molecule has 0 saturated heterocycles. The molecule has 170 valence electrons. The van der Waals surface area contributed by atoms with Crippen LogP contribution in [0.4, 0.5) is 5.69 Å². The van der Waals surface area contributed by atoms with Gasteiger partial charge in [-0.1, -0.05) is 60.1 Å². The average molecular weight is 490 g/mol. The van der Waals surface area contributed by atoms with Gasteiger partial charge in [-0.3, -0.25) is 4.31 Å². The third kappa shape index (κ3) is 3.43. The molecule has 0 radical (unpaired) electrons. The third-order valence-corrected chi connectivity index (χ3v) is 8.27. The van der Waals surface area contributed by atoms with Gasteiger partial charge in [-0.15, -0.1) is 0 Å². The van der Waals surface area contributed by atoms with Crippen molar-refractivity contribution in [2.45, 2.75) is 19.4 Å². The fraction of sp³-hybridized carbons (Fsp3) is 0.115. The largest absolute Gasteiger partial charge is 0.439 e. The molecular formula is C26H20ClN3O3S. The number of nitriles is 1. The number of nitrogens with zero attached hydrogens (tertiary/aromatic N) is 2. The van der Waals surface area contributed by atoms with Crippen molar-refractivity contribution in [2.75, 3.05) is 4.31 Å². The molecule has 6 nitrogen and oxygen atoms in total. The minimum absolute atomic E-state index is 0.00661. The fourth-order valence-electron chi connectivity index (χ4n) is 4.41. The number of ether oxygens (including phenoxy) is 1. The molecule has 2 aliphatic heterocycles. The van der Waals surface area contributed by atoms with Crippen LogP contribution in [0.25, 0.3) is 5.76 Å². The summed E-state index contributed by atoms with van der Waals surface area (Å²) in [6, 6.07) is 23.6. The maximum atomic E-state index is 14.2. The molecule has 8 heteroatoms. The van der Waals surface area contributed by atoms with Crippen LogP contribution in [0.1, 0.15) is 28.2 Å². The highest BCUT2D eigenvalue weighted by atomic mass is 35.5. The van der Waals surface area contributed by atoms with Crippen LogP contribution in [0, 0.1) is 18.3 Å². The van der Waals surface area contributed by atoms with Crippen LogP contribution < -0.4 is 10.0 Å². The van der Waals surface area contributed by atoms with Gasteiger partial charge in [0.15, 0.2) is 5.76 Å². The van der Waals surface area contributed by atoms with Crippen LogP contribution >= 0.6 is 11.6 Å². The van der Waals surface area contributed by atoms with E-state index in [1.54, 1.807) is 42.5 Å². The number of anilines is 1. The number of hydrogen-bond donors (Lipinski definition) is 1. The highest BCUT2D eigenvalue weighted by molar-refractivity contribution is 7.96. The SMILES string of the molecule is Cc1ccccc1CN1c2ccccc2C2=C([C@@H](c3ccc(Cl)cc3)C(C#N)=C(N)O2)S1(=O)=O. The van der Waals surface area contributed by atoms with Gasteiger partial charge in [0.05, 0.1) is 18.2 Å². The fourth-order valence-corrected chi connectivity index (χ4v) is 6.44. The molecule has 34 heavy (non-hydrogen) atoms. The minimum atomic E-state index is -4.11. The number of nitrogens with two attached hydrogens (primary N) is 1. The lowest BCUT2D eigenvalue weighted by Crippen LogP contribution is -2.39. The summed E-state index contributed by atoms with van der Waals surface area (Å²) in [5.74, 6) is -0.893. The Bertz CT molecular complexity index is 1520. The Hall–Kier alpha value is -3.73. The molecule has 0 saturated carbocycles. The summed E-state index contributed by atoms with van der Waals surface area (Å²) in [5, 5.41) is 10.4. The van der Waals surface area contributed by atoms with Gasteiger partial charge in [-0.25, -0.2) is 8.42 Å². The molecule has 1 atom stereocenters. The van der Waals surface area contributed by atoms with Crippen molar-refractivity contribution in [3.63, 3.8) is 0 Å². The van der Waals surface area contributed by atoms with Gasteiger partial charge in [0, 0.05) is 10.6 Å². The van der Waals surface area contributed by atoms with Gasteiger partial charge in [-0.2, -0.15) is 5.26 Å². The molecular weight excluding hydrogens is 470 g/mol. The number of benzene rings is 3. The molecule has 3 aromatic carbocycles. The number of fused-ring (bicyclic) bond motifs is 2. The highest BCUT2D eigenvalue weighted by Crippen LogP contribution is 2.51. The standard InChI is InChI=1S/C26H20ClN3O3S/c1-16-6-2-3-7-18(16)15-30-22-9-5-4-8-20(22)24-25(34(30,31)32)23(21(14-28)26(29)33-24)17-10-12-19(27)13-11-17/h2-13,23H,15,29H2,1H3/t23-/m0/s1.